The third kappa shape index (κ3) is 4.65. The van der Waals surface area contributed by atoms with E-state index in [9.17, 15) is 18.0 Å². The van der Waals surface area contributed by atoms with E-state index in [1.165, 1.54) is 35.9 Å². The Morgan fingerprint density at radius 3 is 2.56 bits per heavy atom. The third-order valence-electron chi connectivity index (χ3n) is 5.10. The second-order valence-electron chi connectivity index (χ2n) is 7.30. The van der Waals surface area contributed by atoms with E-state index in [1.807, 2.05) is 0 Å². The van der Waals surface area contributed by atoms with Crippen molar-refractivity contribution in [2.45, 2.75) is 4.90 Å². The highest BCUT2D eigenvalue weighted by atomic mass is 35.5. The molecule has 3 aromatic carbocycles. The van der Waals surface area contributed by atoms with Crippen molar-refractivity contribution in [2.75, 3.05) is 23.3 Å². The van der Waals surface area contributed by atoms with E-state index < -0.39 is 22.5 Å². The first-order valence-corrected chi connectivity index (χ1v) is 12.6. The minimum Gasteiger partial charge on any atom is -0.495 e. The number of benzene rings is 3. The number of carbonyl (C=O) groups is 1. The van der Waals surface area contributed by atoms with Gasteiger partial charge < -0.3 is 14.6 Å². The summed E-state index contributed by atoms with van der Waals surface area (Å²) in [5.41, 5.74) is 1.31. The van der Waals surface area contributed by atoms with Crippen molar-refractivity contribution in [3.8, 4) is 5.75 Å². The van der Waals surface area contributed by atoms with Gasteiger partial charge in [-0.25, -0.2) is 8.42 Å². The number of nitrogens with zero attached hydrogens (tertiary/aromatic N) is 2. The lowest BCUT2D eigenvalue weighted by Gasteiger charge is -2.26. The first-order chi connectivity index (χ1) is 16.2. The SMILES string of the molecule is COc1ccc(Cl)cc1N(CC(=O)Nc1ccc2c(c1)sc(=O)n2C)S(=O)(=O)c1ccccc1. The Kier molecular flexibility index (Phi) is 6.65. The number of methoxy groups -OCH3 is 1. The van der Waals surface area contributed by atoms with E-state index in [-0.39, 0.29) is 26.2 Å². The Balaban J connectivity index is 1.70. The highest BCUT2D eigenvalue weighted by Gasteiger charge is 2.29. The molecule has 1 amide bonds. The number of hydrogen-bond donors (Lipinski definition) is 1. The van der Waals surface area contributed by atoms with Crippen molar-refractivity contribution in [1.82, 2.24) is 4.57 Å². The summed E-state index contributed by atoms with van der Waals surface area (Å²) in [6, 6.07) is 17.4. The Bertz CT molecular complexity index is 1530. The lowest BCUT2D eigenvalue weighted by molar-refractivity contribution is -0.114. The van der Waals surface area contributed by atoms with Gasteiger partial charge in [-0.05, 0) is 48.5 Å². The van der Waals surface area contributed by atoms with Crippen LogP contribution in [-0.2, 0) is 21.9 Å². The zero-order chi connectivity index (χ0) is 24.5. The predicted molar refractivity (Wildman–Crippen MR) is 135 cm³/mol. The zero-order valence-electron chi connectivity index (χ0n) is 18.2. The number of ether oxygens (including phenoxy) is 1. The van der Waals surface area contributed by atoms with E-state index >= 15 is 0 Å². The van der Waals surface area contributed by atoms with Gasteiger partial charge in [0, 0.05) is 17.8 Å². The normalized spacial score (nSPS) is 11.4. The van der Waals surface area contributed by atoms with Gasteiger partial charge in [0.25, 0.3) is 10.0 Å². The summed E-state index contributed by atoms with van der Waals surface area (Å²) in [5, 5.41) is 3.00. The van der Waals surface area contributed by atoms with E-state index in [2.05, 4.69) is 5.32 Å². The number of fused-ring (bicyclic) bond motifs is 1. The molecular formula is C23H20ClN3O5S2. The second kappa shape index (κ2) is 9.49. The standard InChI is InChI=1S/C23H20ClN3O5S2/c1-26-18-10-9-16(13-21(18)33-23(26)29)25-22(28)14-27(19-12-15(24)8-11-20(19)32-2)34(30,31)17-6-4-3-5-7-17/h3-13H,14H2,1-2H3,(H,25,28). The summed E-state index contributed by atoms with van der Waals surface area (Å²) < 4.78 is 35.6. The van der Waals surface area contributed by atoms with Crippen LogP contribution in [0.4, 0.5) is 11.4 Å². The Morgan fingerprint density at radius 1 is 1.12 bits per heavy atom. The molecule has 4 rings (SSSR count). The molecule has 0 aliphatic heterocycles. The molecule has 0 unspecified atom stereocenters. The summed E-state index contributed by atoms with van der Waals surface area (Å²) in [6.07, 6.45) is 0. The first-order valence-electron chi connectivity index (χ1n) is 10.0. The van der Waals surface area contributed by atoms with Crippen molar-refractivity contribution in [3.05, 3.63) is 81.4 Å². The first kappa shape index (κ1) is 23.8. The Labute approximate surface area is 205 Å². The maximum atomic E-state index is 13.5. The molecule has 0 fully saturated rings. The van der Waals surface area contributed by atoms with Crippen LogP contribution in [-0.4, -0.2) is 32.5 Å². The topological polar surface area (TPSA) is 97.7 Å². The fourth-order valence-electron chi connectivity index (χ4n) is 3.42. The molecule has 0 aliphatic rings. The highest BCUT2D eigenvalue weighted by molar-refractivity contribution is 7.92. The smallest absolute Gasteiger partial charge is 0.307 e. The van der Waals surface area contributed by atoms with Crippen molar-refractivity contribution in [3.63, 3.8) is 0 Å². The molecule has 11 heteroatoms. The monoisotopic (exact) mass is 517 g/mol. The van der Waals surface area contributed by atoms with Gasteiger partial charge in [-0.2, -0.15) is 0 Å². The number of hydrogen-bond acceptors (Lipinski definition) is 6. The van der Waals surface area contributed by atoms with E-state index in [1.54, 1.807) is 49.5 Å². The average Bonchev–Trinajstić information content (AvgIpc) is 3.10. The van der Waals surface area contributed by atoms with Gasteiger partial charge in [0.15, 0.2) is 0 Å². The summed E-state index contributed by atoms with van der Waals surface area (Å²) >= 11 is 7.20. The van der Waals surface area contributed by atoms with Crippen LogP contribution in [0.3, 0.4) is 0 Å². The molecule has 0 atom stereocenters. The van der Waals surface area contributed by atoms with Crippen LogP contribution < -0.4 is 19.2 Å². The fraction of sp³-hybridized carbons (Fsp3) is 0.130. The number of nitrogens with one attached hydrogen (secondary N) is 1. The molecule has 0 spiro atoms. The molecule has 8 nitrogen and oxygen atoms in total. The average molecular weight is 518 g/mol. The summed E-state index contributed by atoms with van der Waals surface area (Å²) in [6.45, 7) is -0.531. The predicted octanol–water partition coefficient (Wildman–Crippen LogP) is 4.10. The molecule has 176 valence electrons. The molecule has 0 saturated carbocycles. The Hall–Kier alpha value is -3.34. The van der Waals surface area contributed by atoms with Crippen LogP contribution in [0, 0.1) is 0 Å². The van der Waals surface area contributed by atoms with Crippen molar-refractivity contribution in [2.24, 2.45) is 7.05 Å². The summed E-state index contributed by atoms with van der Waals surface area (Å²) in [7, 11) is -1.06. The summed E-state index contributed by atoms with van der Waals surface area (Å²) in [4.78, 5) is 24.8. The number of aryl methyl sites for hydroxylation is 1. The molecule has 34 heavy (non-hydrogen) atoms. The summed E-state index contributed by atoms with van der Waals surface area (Å²) in [5.74, 6) is -0.337. The van der Waals surface area contributed by atoms with Crippen LogP contribution in [0.5, 0.6) is 5.75 Å². The molecule has 0 bridgehead atoms. The number of sulfonamides is 1. The van der Waals surface area contributed by atoms with Gasteiger partial charge in [0.05, 0.1) is 27.9 Å². The maximum Gasteiger partial charge on any atom is 0.307 e. The molecule has 4 aromatic rings. The van der Waals surface area contributed by atoms with Crippen molar-refractivity contribution in [1.29, 1.82) is 0 Å². The number of halogens is 1. The Morgan fingerprint density at radius 2 is 1.85 bits per heavy atom. The van der Waals surface area contributed by atoms with Crippen LogP contribution >= 0.6 is 22.9 Å². The molecule has 0 radical (unpaired) electrons. The quantitative estimate of drug-likeness (QED) is 0.398. The highest BCUT2D eigenvalue weighted by Crippen LogP contribution is 2.35. The van der Waals surface area contributed by atoms with Gasteiger partial charge in [-0.1, -0.05) is 41.1 Å². The van der Waals surface area contributed by atoms with Crippen LogP contribution in [0.1, 0.15) is 0 Å². The number of amides is 1. The molecular weight excluding hydrogens is 498 g/mol. The van der Waals surface area contributed by atoms with Gasteiger partial charge in [0.1, 0.15) is 12.3 Å². The van der Waals surface area contributed by atoms with Crippen LogP contribution in [0.15, 0.2) is 76.4 Å². The lowest BCUT2D eigenvalue weighted by Crippen LogP contribution is -2.38. The fourth-order valence-corrected chi connectivity index (χ4v) is 5.95. The molecule has 0 aliphatic carbocycles. The molecule has 1 heterocycles. The zero-order valence-corrected chi connectivity index (χ0v) is 20.6. The minimum absolute atomic E-state index is 0.0142. The van der Waals surface area contributed by atoms with Gasteiger partial charge in [-0.15, -0.1) is 0 Å². The second-order valence-corrected chi connectivity index (χ2v) is 10.6. The maximum absolute atomic E-state index is 13.5. The van der Waals surface area contributed by atoms with E-state index in [4.69, 9.17) is 16.3 Å². The number of anilines is 2. The van der Waals surface area contributed by atoms with Crippen molar-refractivity contribution < 1.29 is 17.9 Å². The van der Waals surface area contributed by atoms with Crippen LogP contribution in [0.25, 0.3) is 10.2 Å². The largest absolute Gasteiger partial charge is 0.495 e. The van der Waals surface area contributed by atoms with E-state index in [0.717, 1.165) is 21.2 Å². The van der Waals surface area contributed by atoms with Crippen molar-refractivity contribution >= 4 is 60.5 Å². The minimum atomic E-state index is -4.14. The van der Waals surface area contributed by atoms with Gasteiger partial charge in [0.2, 0.25) is 5.91 Å². The van der Waals surface area contributed by atoms with Gasteiger partial charge in [-0.3, -0.25) is 13.9 Å². The van der Waals surface area contributed by atoms with Gasteiger partial charge >= 0.3 is 4.87 Å². The van der Waals surface area contributed by atoms with Crippen LogP contribution in [0.2, 0.25) is 5.02 Å². The third-order valence-corrected chi connectivity index (χ3v) is 8.11. The number of thiazole rings is 1. The number of rotatable bonds is 7. The van der Waals surface area contributed by atoms with E-state index in [0.29, 0.717) is 10.4 Å². The molecule has 1 N–H and O–H groups in total. The molecule has 1 aromatic heterocycles. The number of carbonyl (C=O) groups excluding carboxylic acids is 1. The lowest BCUT2D eigenvalue weighted by atomic mass is 10.2. The molecule has 0 saturated heterocycles. The number of aromatic nitrogens is 1.